The van der Waals surface area contributed by atoms with Crippen LogP contribution in [0.4, 0.5) is 19.0 Å². The molecule has 2 aromatic heterocycles. The second-order valence-corrected chi connectivity index (χ2v) is 4.07. The maximum Gasteiger partial charge on any atom is 0.390 e. The highest BCUT2D eigenvalue weighted by molar-refractivity contribution is 7.17. The Morgan fingerprint density at radius 1 is 1.31 bits per heavy atom. The van der Waals surface area contributed by atoms with Crippen molar-refractivity contribution >= 4 is 27.4 Å². The number of halogens is 3. The summed E-state index contributed by atoms with van der Waals surface area (Å²) >= 11 is 1.40. The van der Waals surface area contributed by atoms with E-state index in [4.69, 9.17) is 0 Å². The van der Waals surface area contributed by atoms with Gasteiger partial charge in [0.1, 0.15) is 12.1 Å². The lowest BCUT2D eigenvalue weighted by atomic mass is 10.4. The SMILES string of the molecule is FC(F)(F)CCNc1ncnc2ccsc12. The molecule has 2 rings (SSSR count). The first-order valence-corrected chi connectivity index (χ1v) is 5.43. The summed E-state index contributed by atoms with van der Waals surface area (Å²) in [5.41, 5.74) is 0.745. The van der Waals surface area contributed by atoms with E-state index in [-0.39, 0.29) is 6.54 Å². The molecule has 3 nitrogen and oxygen atoms in total. The number of alkyl halides is 3. The van der Waals surface area contributed by atoms with Gasteiger partial charge >= 0.3 is 6.18 Å². The number of aromatic nitrogens is 2. The Balaban J connectivity index is 2.07. The second-order valence-electron chi connectivity index (χ2n) is 3.15. The summed E-state index contributed by atoms with van der Waals surface area (Å²) in [6, 6.07) is 1.80. The number of anilines is 1. The van der Waals surface area contributed by atoms with Gasteiger partial charge in [0, 0.05) is 6.54 Å². The number of nitrogens with zero attached hydrogens (tertiary/aromatic N) is 2. The van der Waals surface area contributed by atoms with Gasteiger partial charge in [0.2, 0.25) is 0 Å². The Kier molecular flexibility index (Phi) is 2.95. The van der Waals surface area contributed by atoms with Crippen LogP contribution in [0, 0.1) is 0 Å². The summed E-state index contributed by atoms with van der Waals surface area (Å²) in [5.74, 6) is 0.462. The largest absolute Gasteiger partial charge is 0.390 e. The van der Waals surface area contributed by atoms with Crippen LogP contribution in [0.3, 0.4) is 0 Å². The molecule has 7 heteroatoms. The lowest BCUT2D eigenvalue weighted by Gasteiger charge is -2.08. The van der Waals surface area contributed by atoms with E-state index in [1.54, 1.807) is 6.07 Å². The normalized spacial score (nSPS) is 11.9. The molecule has 0 fully saturated rings. The maximum atomic E-state index is 11.9. The standard InChI is InChI=1S/C9H8F3N3S/c10-9(11,12)2-3-13-8-7-6(1-4-16-7)14-5-15-8/h1,4-5H,2-3H2,(H,13,14,15). The fourth-order valence-electron chi connectivity index (χ4n) is 1.24. The zero-order chi connectivity index (χ0) is 11.6. The molecule has 0 amide bonds. The molecule has 0 aromatic carbocycles. The van der Waals surface area contributed by atoms with Crippen LogP contribution in [-0.4, -0.2) is 22.7 Å². The molecule has 0 radical (unpaired) electrons. The molecule has 2 aromatic rings. The molecule has 0 aliphatic carbocycles. The number of hydrogen-bond acceptors (Lipinski definition) is 4. The second kappa shape index (κ2) is 4.25. The number of rotatable bonds is 3. The van der Waals surface area contributed by atoms with Crippen LogP contribution in [-0.2, 0) is 0 Å². The van der Waals surface area contributed by atoms with Crippen molar-refractivity contribution in [3.8, 4) is 0 Å². The van der Waals surface area contributed by atoms with Crippen molar-refractivity contribution < 1.29 is 13.2 Å². The van der Waals surface area contributed by atoms with Crippen LogP contribution in [0.5, 0.6) is 0 Å². The summed E-state index contributed by atoms with van der Waals surface area (Å²) in [7, 11) is 0. The smallest absolute Gasteiger partial charge is 0.368 e. The fraction of sp³-hybridized carbons (Fsp3) is 0.333. The maximum absolute atomic E-state index is 11.9. The van der Waals surface area contributed by atoms with Gasteiger partial charge in [-0.15, -0.1) is 11.3 Å². The minimum Gasteiger partial charge on any atom is -0.368 e. The van der Waals surface area contributed by atoms with Crippen LogP contribution >= 0.6 is 11.3 Å². The van der Waals surface area contributed by atoms with Crippen molar-refractivity contribution in [3.05, 3.63) is 17.8 Å². The van der Waals surface area contributed by atoms with E-state index in [9.17, 15) is 13.2 Å². The molecule has 0 aliphatic rings. The van der Waals surface area contributed by atoms with Crippen LogP contribution < -0.4 is 5.32 Å². The summed E-state index contributed by atoms with van der Waals surface area (Å²) in [5, 5.41) is 4.50. The molecule has 0 aliphatic heterocycles. The third-order valence-corrected chi connectivity index (χ3v) is 2.85. The zero-order valence-electron chi connectivity index (χ0n) is 8.08. The molecule has 0 unspecified atom stereocenters. The van der Waals surface area contributed by atoms with Gasteiger partial charge in [-0.2, -0.15) is 13.2 Å². The Morgan fingerprint density at radius 3 is 2.88 bits per heavy atom. The molecule has 0 spiro atoms. The number of nitrogens with one attached hydrogen (secondary N) is 1. The highest BCUT2D eigenvalue weighted by Crippen LogP contribution is 2.25. The van der Waals surface area contributed by atoms with Crippen molar-refractivity contribution in [1.82, 2.24) is 9.97 Å². The van der Waals surface area contributed by atoms with Gasteiger partial charge in [0.05, 0.1) is 16.6 Å². The van der Waals surface area contributed by atoms with Crippen molar-refractivity contribution in [2.24, 2.45) is 0 Å². The molecule has 1 N–H and O–H groups in total. The van der Waals surface area contributed by atoms with Crippen LogP contribution in [0.1, 0.15) is 6.42 Å². The van der Waals surface area contributed by atoms with E-state index in [1.807, 2.05) is 5.38 Å². The Morgan fingerprint density at radius 2 is 2.12 bits per heavy atom. The van der Waals surface area contributed by atoms with Crippen LogP contribution in [0.25, 0.3) is 10.2 Å². The topological polar surface area (TPSA) is 37.8 Å². The number of thiophene rings is 1. The number of fused-ring (bicyclic) bond motifs is 1. The highest BCUT2D eigenvalue weighted by Gasteiger charge is 2.26. The fourth-order valence-corrected chi connectivity index (χ4v) is 2.05. The lowest BCUT2D eigenvalue weighted by molar-refractivity contribution is -0.131. The third-order valence-electron chi connectivity index (χ3n) is 1.94. The summed E-state index contributed by atoms with van der Waals surface area (Å²) < 4.78 is 36.6. The van der Waals surface area contributed by atoms with Gasteiger partial charge in [0.15, 0.2) is 0 Å². The summed E-state index contributed by atoms with van der Waals surface area (Å²) in [6.45, 7) is -0.173. The van der Waals surface area contributed by atoms with E-state index >= 15 is 0 Å². The lowest BCUT2D eigenvalue weighted by Crippen LogP contribution is -2.15. The summed E-state index contributed by atoms with van der Waals surface area (Å²) in [6.07, 6.45) is -3.68. The van der Waals surface area contributed by atoms with Crippen molar-refractivity contribution in [2.45, 2.75) is 12.6 Å². The van der Waals surface area contributed by atoms with Crippen molar-refractivity contribution in [2.75, 3.05) is 11.9 Å². The van der Waals surface area contributed by atoms with E-state index in [0.29, 0.717) is 5.82 Å². The van der Waals surface area contributed by atoms with E-state index in [1.165, 1.54) is 17.7 Å². The van der Waals surface area contributed by atoms with Gasteiger partial charge in [-0.05, 0) is 11.4 Å². The van der Waals surface area contributed by atoms with E-state index in [2.05, 4.69) is 15.3 Å². The first kappa shape index (κ1) is 11.1. The molecule has 16 heavy (non-hydrogen) atoms. The average molecular weight is 247 g/mol. The highest BCUT2D eigenvalue weighted by atomic mass is 32.1. The van der Waals surface area contributed by atoms with E-state index < -0.39 is 12.6 Å². The van der Waals surface area contributed by atoms with Gasteiger partial charge in [-0.25, -0.2) is 9.97 Å². The molecular weight excluding hydrogens is 239 g/mol. The van der Waals surface area contributed by atoms with Crippen molar-refractivity contribution in [3.63, 3.8) is 0 Å². The molecule has 0 atom stereocenters. The van der Waals surface area contributed by atoms with E-state index in [0.717, 1.165) is 10.2 Å². The van der Waals surface area contributed by atoms with Gasteiger partial charge < -0.3 is 5.32 Å². The minimum absolute atomic E-state index is 0.173. The minimum atomic E-state index is -4.14. The monoisotopic (exact) mass is 247 g/mol. The first-order valence-electron chi connectivity index (χ1n) is 4.55. The number of hydrogen-bond donors (Lipinski definition) is 1. The summed E-state index contributed by atoms with van der Waals surface area (Å²) in [4.78, 5) is 7.92. The molecular formula is C9H8F3N3S. The van der Waals surface area contributed by atoms with Crippen LogP contribution in [0.15, 0.2) is 17.8 Å². The third kappa shape index (κ3) is 2.60. The van der Waals surface area contributed by atoms with Gasteiger partial charge in [-0.1, -0.05) is 0 Å². The predicted molar refractivity (Wildman–Crippen MR) is 56.6 cm³/mol. The zero-order valence-corrected chi connectivity index (χ0v) is 8.90. The first-order chi connectivity index (χ1) is 7.56. The van der Waals surface area contributed by atoms with Gasteiger partial charge in [-0.3, -0.25) is 0 Å². The Bertz CT molecular complexity index is 480. The van der Waals surface area contributed by atoms with Crippen molar-refractivity contribution in [1.29, 1.82) is 0 Å². The predicted octanol–water partition coefficient (Wildman–Crippen LogP) is 3.06. The Labute approximate surface area is 93.3 Å². The molecule has 0 saturated heterocycles. The molecule has 0 bridgehead atoms. The Hall–Kier alpha value is -1.37. The average Bonchev–Trinajstić information content (AvgIpc) is 2.64. The molecule has 86 valence electrons. The van der Waals surface area contributed by atoms with Gasteiger partial charge in [0.25, 0.3) is 0 Å². The van der Waals surface area contributed by atoms with Crippen LogP contribution in [0.2, 0.25) is 0 Å². The quantitative estimate of drug-likeness (QED) is 0.905. The molecule has 0 saturated carbocycles. The molecule has 2 heterocycles.